The molecule has 0 radical (unpaired) electrons. The lowest BCUT2D eigenvalue weighted by molar-refractivity contribution is 0.142. The molecule has 1 aromatic carbocycles. The minimum atomic E-state index is -0.276. The second-order valence-corrected chi connectivity index (χ2v) is 10.8. The molecule has 1 aliphatic heterocycles. The predicted molar refractivity (Wildman–Crippen MR) is 129 cm³/mol. The number of halogens is 2. The summed E-state index contributed by atoms with van der Waals surface area (Å²) in [5.74, 6) is 0.613. The van der Waals surface area contributed by atoms with Crippen molar-refractivity contribution < 1.29 is 8.78 Å². The summed E-state index contributed by atoms with van der Waals surface area (Å²) >= 11 is 1.21. The smallest absolute Gasteiger partial charge is 0.176 e. The van der Waals surface area contributed by atoms with Crippen molar-refractivity contribution in [1.82, 2.24) is 19.9 Å². The number of nitrogens with zero attached hydrogens (tertiary/aromatic N) is 3. The van der Waals surface area contributed by atoms with Gasteiger partial charge < -0.3 is 4.98 Å². The number of fused-ring (bicyclic) bond motifs is 1. The number of nitrogens with one attached hydrogen (secondary N) is 1. The largest absolute Gasteiger partial charge is 0.341 e. The summed E-state index contributed by atoms with van der Waals surface area (Å²) in [6.07, 6.45) is 4.51. The molecule has 1 atom stereocenters. The molecule has 1 N–H and O–H groups in total. The van der Waals surface area contributed by atoms with Crippen LogP contribution in [0.5, 0.6) is 0 Å². The summed E-state index contributed by atoms with van der Waals surface area (Å²) in [5.41, 5.74) is 3.24. The van der Waals surface area contributed by atoms with Gasteiger partial charge in [0, 0.05) is 40.8 Å². The zero-order valence-electron chi connectivity index (χ0n) is 19.2. The first-order valence-corrected chi connectivity index (χ1v) is 12.2. The van der Waals surface area contributed by atoms with Crippen LogP contribution >= 0.6 is 11.3 Å². The summed E-state index contributed by atoms with van der Waals surface area (Å²) in [6.45, 7) is 8.18. The Morgan fingerprint density at radius 2 is 2.00 bits per heavy atom. The van der Waals surface area contributed by atoms with Crippen molar-refractivity contribution in [3.63, 3.8) is 0 Å². The van der Waals surface area contributed by atoms with Gasteiger partial charge >= 0.3 is 0 Å². The van der Waals surface area contributed by atoms with E-state index in [0.717, 1.165) is 54.3 Å². The third kappa shape index (κ3) is 4.20. The van der Waals surface area contributed by atoms with E-state index in [1.54, 1.807) is 6.07 Å². The second-order valence-electron chi connectivity index (χ2n) is 9.65. The lowest BCUT2D eigenvalue weighted by Gasteiger charge is -2.37. The molecule has 1 unspecified atom stereocenters. The highest BCUT2D eigenvalue weighted by Gasteiger charge is 2.46. The summed E-state index contributed by atoms with van der Waals surface area (Å²) in [5, 5.41) is -0.153. The molecular formula is C26H28F2N4S. The SMILES string of the molecule is Cc1ccc(C(C)(C)N2CCC(CCc3ccc(F)s3)(c3nc4ccc(F)cc4[nH]3)C2)cn1. The minimum absolute atomic E-state index is 0.153. The maximum atomic E-state index is 13.8. The first-order chi connectivity index (χ1) is 15.7. The van der Waals surface area contributed by atoms with Crippen LogP contribution in [0.3, 0.4) is 0 Å². The van der Waals surface area contributed by atoms with Gasteiger partial charge in [-0.2, -0.15) is 4.39 Å². The molecule has 0 bridgehead atoms. The molecule has 1 saturated heterocycles. The number of rotatable bonds is 6. The monoisotopic (exact) mass is 466 g/mol. The van der Waals surface area contributed by atoms with E-state index in [0.29, 0.717) is 5.52 Å². The molecule has 3 aromatic heterocycles. The van der Waals surface area contributed by atoms with Crippen molar-refractivity contribution in [3.8, 4) is 0 Å². The summed E-state index contributed by atoms with van der Waals surface area (Å²) in [6, 6.07) is 12.3. The number of imidazole rings is 1. The highest BCUT2D eigenvalue weighted by molar-refractivity contribution is 7.10. The normalized spacial score (nSPS) is 19.5. The molecule has 1 fully saturated rings. The van der Waals surface area contributed by atoms with E-state index in [-0.39, 0.29) is 21.9 Å². The molecule has 7 heteroatoms. The third-order valence-corrected chi connectivity index (χ3v) is 8.12. The fourth-order valence-electron chi connectivity index (χ4n) is 4.96. The van der Waals surface area contributed by atoms with Gasteiger partial charge in [0.15, 0.2) is 5.13 Å². The van der Waals surface area contributed by atoms with Gasteiger partial charge in [0.1, 0.15) is 11.6 Å². The molecule has 1 aliphatic rings. The van der Waals surface area contributed by atoms with Crippen LogP contribution in [0.2, 0.25) is 0 Å². The van der Waals surface area contributed by atoms with Gasteiger partial charge in [0.2, 0.25) is 0 Å². The van der Waals surface area contributed by atoms with E-state index >= 15 is 0 Å². The van der Waals surface area contributed by atoms with Crippen LogP contribution in [0.15, 0.2) is 48.7 Å². The molecule has 5 rings (SSSR count). The standard InChI is InChI=1S/C26H28F2N4S/c1-17-4-5-18(15-29-17)25(2,3)32-13-12-26(16-32,11-10-20-7-9-23(28)33-20)24-30-21-8-6-19(27)14-22(21)31-24/h4-9,14-15H,10-13,16H2,1-3H3,(H,30,31). The lowest BCUT2D eigenvalue weighted by Crippen LogP contribution is -2.42. The molecule has 172 valence electrons. The topological polar surface area (TPSA) is 44.8 Å². The molecule has 4 aromatic rings. The summed E-state index contributed by atoms with van der Waals surface area (Å²) < 4.78 is 27.4. The Morgan fingerprint density at radius 3 is 2.73 bits per heavy atom. The number of aryl methyl sites for hydroxylation is 2. The van der Waals surface area contributed by atoms with Crippen molar-refractivity contribution in [1.29, 1.82) is 0 Å². The number of aromatic amines is 1. The first kappa shape index (κ1) is 22.2. The second kappa shape index (κ2) is 8.29. The van der Waals surface area contributed by atoms with Gasteiger partial charge in [0.25, 0.3) is 0 Å². The van der Waals surface area contributed by atoms with Crippen molar-refractivity contribution >= 4 is 22.4 Å². The van der Waals surface area contributed by atoms with Crippen LogP contribution in [0.25, 0.3) is 11.0 Å². The molecule has 0 aliphatic carbocycles. The van der Waals surface area contributed by atoms with E-state index in [9.17, 15) is 8.78 Å². The predicted octanol–water partition coefficient (Wildman–Crippen LogP) is 6.12. The highest BCUT2D eigenvalue weighted by atomic mass is 32.1. The van der Waals surface area contributed by atoms with Crippen LogP contribution in [0, 0.1) is 17.9 Å². The molecular weight excluding hydrogens is 438 g/mol. The maximum Gasteiger partial charge on any atom is 0.176 e. The van der Waals surface area contributed by atoms with Crippen molar-refractivity contribution in [2.24, 2.45) is 0 Å². The Kier molecular flexibility index (Phi) is 5.57. The van der Waals surface area contributed by atoms with Crippen LogP contribution in [0.1, 0.15) is 48.6 Å². The van der Waals surface area contributed by atoms with Crippen LogP contribution in [-0.4, -0.2) is 32.9 Å². The lowest BCUT2D eigenvalue weighted by atomic mass is 9.81. The van der Waals surface area contributed by atoms with Crippen molar-refractivity contribution in [2.75, 3.05) is 13.1 Å². The van der Waals surface area contributed by atoms with Gasteiger partial charge in [0.05, 0.1) is 11.0 Å². The Hall–Kier alpha value is -2.64. The summed E-state index contributed by atoms with van der Waals surface area (Å²) in [4.78, 5) is 16.4. The minimum Gasteiger partial charge on any atom is -0.341 e. The number of likely N-dealkylation sites (tertiary alicyclic amines) is 1. The number of benzene rings is 1. The van der Waals surface area contributed by atoms with E-state index in [4.69, 9.17) is 4.98 Å². The van der Waals surface area contributed by atoms with Gasteiger partial charge in [-0.1, -0.05) is 6.07 Å². The van der Waals surface area contributed by atoms with Crippen molar-refractivity contribution in [2.45, 2.75) is 51.0 Å². The van der Waals surface area contributed by atoms with E-state index in [2.05, 4.69) is 40.8 Å². The fourth-order valence-corrected chi connectivity index (χ4v) is 5.69. The van der Waals surface area contributed by atoms with E-state index < -0.39 is 0 Å². The van der Waals surface area contributed by atoms with Gasteiger partial charge in [-0.3, -0.25) is 9.88 Å². The molecule has 0 saturated carbocycles. The van der Waals surface area contributed by atoms with Gasteiger partial charge in [-0.15, -0.1) is 11.3 Å². The molecule has 4 heterocycles. The van der Waals surface area contributed by atoms with Gasteiger partial charge in [-0.25, -0.2) is 9.37 Å². The number of hydrogen-bond donors (Lipinski definition) is 1. The maximum absolute atomic E-state index is 13.8. The Bertz CT molecular complexity index is 1280. The zero-order chi connectivity index (χ0) is 23.2. The molecule has 0 amide bonds. The fraction of sp³-hybridized carbons (Fsp3) is 0.385. The average molecular weight is 467 g/mol. The third-order valence-electron chi connectivity index (χ3n) is 7.19. The summed E-state index contributed by atoms with van der Waals surface area (Å²) in [7, 11) is 0. The highest BCUT2D eigenvalue weighted by Crippen LogP contribution is 2.43. The van der Waals surface area contributed by atoms with E-state index in [1.165, 1.54) is 35.1 Å². The van der Waals surface area contributed by atoms with E-state index in [1.807, 2.05) is 19.2 Å². The van der Waals surface area contributed by atoms with Crippen LogP contribution in [-0.2, 0) is 17.4 Å². The number of pyridine rings is 1. The van der Waals surface area contributed by atoms with Crippen LogP contribution in [0.4, 0.5) is 8.78 Å². The van der Waals surface area contributed by atoms with Crippen LogP contribution < -0.4 is 0 Å². The quantitative estimate of drug-likeness (QED) is 0.372. The average Bonchev–Trinajstić information content (AvgIpc) is 3.51. The first-order valence-electron chi connectivity index (χ1n) is 11.3. The number of aromatic nitrogens is 3. The molecule has 0 spiro atoms. The van der Waals surface area contributed by atoms with Crippen molar-refractivity contribution in [3.05, 3.63) is 81.6 Å². The zero-order valence-corrected chi connectivity index (χ0v) is 20.0. The Labute approximate surface area is 196 Å². The van der Waals surface area contributed by atoms with Gasteiger partial charge in [-0.05, 0) is 82.0 Å². The molecule has 33 heavy (non-hydrogen) atoms. The number of thiophene rings is 1. The molecule has 4 nitrogen and oxygen atoms in total. The Balaban J connectivity index is 1.49. The number of H-pyrrole nitrogens is 1. The Morgan fingerprint density at radius 1 is 1.15 bits per heavy atom. The number of hydrogen-bond acceptors (Lipinski definition) is 4.